The molecule has 0 saturated carbocycles. The number of benzene rings is 1. The monoisotopic (exact) mass is 288 g/mol. The average Bonchev–Trinajstić information content (AvgIpc) is 2.94. The maximum Gasteiger partial charge on any atom is 0.352 e. The minimum atomic E-state index is -1.05. The van der Waals surface area contributed by atoms with Crippen molar-refractivity contribution < 1.29 is 19.4 Å². The Balaban J connectivity index is 1.89. The Morgan fingerprint density at radius 1 is 1.24 bits per heavy atom. The van der Waals surface area contributed by atoms with Gasteiger partial charge in [-0.1, -0.05) is 12.1 Å². The Kier molecular flexibility index (Phi) is 4.61. The van der Waals surface area contributed by atoms with Gasteiger partial charge in [0.25, 0.3) is 0 Å². The van der Waals surface area contributed by atoms with Crippen LogP contribution in [0.15, 0.2) is 42.6 Å². The molecular weight excluding hydrogens is 272 g/mol. The largest absolute Gasteiger partial charge is 0.497 e. The Bertz CT molecular complexity index is 631. The lowest BCUT2D eigenvalue weighted by Crippen LogP contribution is -2.28. The van der Waals surface area contributed by atoms with Crippen LogP contribution in [0.25, 0.3) is 0 Å². The van der Waals surface area contributed by atoms with Gasteiger partial charge in [-0.3, -0.25) is 4.79 Å². The predicted octanol–water partition coefficient (Wildman–Crippen LogP) is 1.51. The zero-order valence-electron chi connectivity index (χ0n) is 11.6. The molecule has 0 radical (unpaired) electrons. The fourth-order valence-corrected chi connectivity index (χ4v) is 1.90. The minimum Gasteiger partial charge on any atom is -0.497 e. The van der Waals surface area contributed by atoms with E-state index in [-0.39, 0.29) is 18.1 Å². The van der Waals surface area contributed by atoms with E-state index < -0.39 is 5.97 Å². The summed E-state index contributed by atoms with van der Waals surface area (Å²) in [5.74, 6) is -0.545. The zero-order chi connectivity index (χ0) is 15.2. The molecule has 1 aromatic heterocycles. The van der Waals surface area contributed by atoms with Gasteiger partial charge in [0, 0.05) is 12.7 Å². The summed E-state index contributed by atoms with van der Waals surface area (Å²) in [6.07, 6.45) is 1.57. The van der Waals surface area contributed by atoms with Gasteiger partial charge in [0.2, 0.25) is 5.91 Å². The molecule has 0 atom stereocenters. The number of aromatic carboxylic acids is 1. The van der Waals surface area contributed by atoms with E-state index in [4.69, 9.17) is 9.84 Å². The van der Waals surface area contributed by atoms with E-state index in [2.05, 4.69) is 5.32 Å². The van der Waals surface area contributed by atoms with Crippen LogP contribution >= 0.6 is 0 Å². The van der Waals surface area contributed by atoms with Crippen molar-refractivity contribution in [2.45, 2.75) is 13.1 Å². The number of rotatable bonds is 6. The molecule has 0 saturated heterocycles. The molecule has 21 heavy (non-hydrogen) atoms. The van der Waals surface area contributed by atoms with Crippen LogP contribution in [0.3, 0.4) is 0 Å². The third kappa shape index (κ3) is 3.85. The lowest BCUT2D eigenvalue weighted by Gasteiger charge is -2.08. The molecule has 0 aliphatic carbocycles. The molecule has 2 N–H and O–H groups in total. The standard InChI is InChI=1S/C15H16N2O4/c1-21-12-6-4-11(5-7-12)9-16-14(18)10-17-8-2-3-13(17)15(19)20/h2-8H,9-10H2,1H3,(H,16,18)(H,19,20). The van der Waals surface area contributed by atoms with Gasteiger partial charge in [-0.25, -0.2) is 4.79 Å². The molecule has 2 rings (SSSR count). The number of carbonyl (C=O) groups is 2. The van der Waals surface area contributed by atoms with E-state index >= 15 is 0 Å². The summed E-state index contributed by atoms with van der Waals surface area (Å²) in [6.45, 7) is 0.358. The van der Waals surface area contributed by atoms with Gasteiger partial charge in [0.1, 0.15) is 18.0 Å². The first-order chi connectivity index (χ1) is 10.1. The second-order valence-corrected chi connectivity index (χ2v) is 4.45. The maximum absolute atomic E-state index is 11.8. The van der Waals surface area contributed by atoms with E-state index in [1.165, 1.54) is 10.6 Å². The molecule has 1 amide bonds. The van der Waals surface area contributed by atoms with E-state index in [0.717, 1.165) is 11.3 Å². The van der Waals surface area contributed by atoms with Crippen LogP contribution in [0.2, 0.25) is 0 Å². The van der Waals surface area contributed by atoms with E-state index in [0.29, 0.717) is 6.54 Å². The van der Waals surface area contributed by atoms with Gasteiger partial charge in [-0.15, -0.1) is 0 Å². The van der Waals surface area contributed by atoms with Crippen LogP contribution in [-0.4, -0.2) is 28.7 Å². The molecule has 6 nitrogen and oxygen atoms in total. The normalized spacial score (nSPS) is 10.1. The number of aromatic nitrogens is 1. The molecule has 0 spiro atoms. The molecule has 1 heterocycles. The summed E-state index contributed by atoms with van der Waals surface area (Å²) in [7, 11) is 1.59. The third-order valence-corrected chi connectivity index (χ3v) is 3.01. The summed E-state index contributed by atoms with van der Waals surface area (Å²) in [5.41, 5.74) is 1.03. The third-order valence-electron chi connectivity index (χ3n) is 3.01. The lowest BCUT2D eigenvalue weighted by molar-refractivity contribution is -0.121. The molecule has 0 bridgehead atoms. The van der Waals surface area contributed by atoms with Gasteiger partial charge in [-0.05, 0) is 29.8 Å². The van der Waals surface area contributed by atoms with Crippen LogP contribution in [0.5, 0.6) is 5.75 Å². The van der Waals surface area contributed by atoms with Crippen LogP contribution in [0, 0.1) is 0 Å². The number of hydrogen-bond acceptors (Lipinski definition) is 3. The average molecular weight is 288 g/mol. The summed E-state index contributed by atoms with van der Waals surface area (Å²) in [5, 5.41) is 11.7. The molecule has 110 valence electrons. The first-order valence-electron chi connectivity index (χ1n) is 6.38. The second kappa shape index (κ2) is 6.60. The number of carboxylic acids is 1. The van der Waals surface area contributed by atoms with Crippen molar-refractivity contribution in [3.05, 3.63) is 53.9 Å². The number of hydrogen-bond donors (Lipinski definition) is 2. The van der Waals surface area contributed by atoms with E-state index in [1.807, 2.05) is 24.3 Å². The highest BCUT2D eigenvalue weighted by Gasteiger charge is 2.11. The van der Waals surface area contributed by atoms with Crippen molar-refractivity contribution >= 4 is 11.9 Å². The van der Waals surface area contributed by atoms with E-state index in [9.17, 15) is 9.59 Å². The van der Waals surface area contributed by atoms with Crippen molar-refractivity contribution in [3.8, 4) is 5.75 Å². The number of amides is 1. The molecule has 0 unspecified atom stereocenters. The van der Waals surface area contributed by atoms with Gasteiger partial charge in [0.15, 0.2) is 0 Å². The fraction of sp³-hybridized carbons (Fsp3) is 0.200. The molecule has 1 aromatic carbocycles. The van der Waals surface area contributed by atoms with Gasteiger partial charge in [-0.2, -0.15) is 0 Å². The Hall–Kier alpha value is -2.76. The van der Waals surface area contributed by atoms with Crippen molar-refractivity contribution in [1.29, 1.82) is 0 Å². The molecular formula is C15H16N2O4. The zero-order valence-corrected chi connectivity index (χ0v) is 11.6. The fourth-order valence-electron chi connectivity index (χ4n) is 1.90. The SMILES string of the molecule is COc1ccc(CNC(=O)Cn2cccc2C(=O)O)cc1. The number of nitrogens with one attached hydrogen (secondary N) is 1. The highest BCUT2D eigenvalue weighted by atomic mass is 16.5. The quantitative estimate of drug-likeness (QED) is 0.844. The maximum atomic E-state index is 11.8. The van der Waals surface area contributed by atoms with Gasteiger partial charge >= 0.3 is 5.97 Å². The summed E-state index contributed by atoms with van der Waals surface area (Å²) < 4.78 is 6.45. The molecule has 2 aromatic rings. The van der Waals surface area contributed by atoms with Gasteiger partial charge in [0.05, 0.1) is 7.11 Å². The van der Waals surface area contributed by atoms with Gasteiger partial charge < -0.3 is 19.7 Å². The molecule has 6 heteroatoms. The molecule has 0 fully saturated rings. The van der Waals surface area contributed by atoms with E-state index in [1.54, 1.807) is 19.4 Å². The molecule has 0 aliphatic heterocycles. The van der Waals surface area contributed by atoms with Crippen LogP contribution < -0.4 is 10.1 Å². The first-order valence-corrected chi connectivity index (χ1v) is 6.38. The number of nitrogens with zero attached hydrogens (tertiary/aromatic N) is 1. The topological polar surface area (TPSA) is 80.6 Å². The van der Waals surface area contributed by atoms with Crippen molar-refractivity contribution in [2.75, 3.05) is 7.11 Å². The Morgan fingerprint density at radius 2 is 1.95 bits per heavy atom. The smallest absolute Gasteiger partial charge is 0.352 e. The lowest BCUT2D eigenvalue weighted by atomic mass is 10.2. The predicted molar refractivity (Wildman–Crippen MR) is 76.2 cm³/mol. The highest BCUT2D eigenvalue weighted by molar-refractivity contribution is 5.86. The van der Waals surface area contributed by atoms with Crippen LogP contribution in [0.1, 0.15) is 16.1 Å². The minimum absolute atomic E-state index is 0.0230. The van der Waals surface area contributed by atoms with Crippen molar-refractivity contribution in [3.63, 3.8) is 0 Å². The number of carbonyl (C=O) groups excluding carboxylic acids is 1. The summed E-state index contributed by atoms with van der Waals surface area (Å²) >= 11 is 0. The van der Waals surface area contributed by atoms with Crippen molar-refractivity contribution in [2.24, 2.45) is 0 Å². The summed E-state index contributed by atoms with van der Waals surface area (Å²) in [4.78, 5) is 22.8. The summed E-state index contributed by atoms with van der Waals surface area (Å²) in [6, 6.07) is 10.4. The highest BCUT2D eigenvalue weighted by Crippen LogP contribution is 2.11. The number of carboxylic acid groups (broad SMARTS) is 1. The second-order valence-electron chi connectivity index (χ2n) is 4.45. The van der Waals surface area contributed by atoms with Crippen LogP contribution in [-0.2, 0) is 17.9 Å². The number of ether oxygens (including phenoxy) is 1. The number of methoxy groups -OCH3 is 1. The Morgan fingerprint density at radius 3 is 2.57 bits per heavy atom. The molecule has 0 aliphatic rings. The van der Waals surface area contributed by atoms with Crippen LogP contribution in [0.4, 0.5) is 0 Å². The van der Waals surface area contributed by atoms with Crippen molar-refractivity contribution in [1.82, 2.24) is 9.88 Å². The Labute approximate surface area is 122 Å². The first kappa shape index (κ1) is 14.6.